The molecule has 0 spiro atoms. The van der Waals surface area contributed by atoms with Gasteiger partial charge < -0.3 is 4.74 Å². The molecule has 0 aliphatic heterocycles. The van der Waals surface area contributed by atoms with E-state index in [4.69, 9.17) is 22.2 Å². The average molecular weight is 302 g/mol. The summed E-state index contributed by atoms with van der Waals surface area (Å²) < 4.78 is 6.87. The molecule has 0 aliphatic rings. The van der Waals surface area contributed by atoms with Crippen molar-refractivity contribution in [3.8, 4) is 0 Å². The van der Waals surface area contributed by atoms with Gasteiger partial charge in [0.15, 0.2) is 0 Å². The van der Waals surface area contributed by atoms with E-state index in [0.29, 0.717) is 18.2 Å². The molecular formula is C11H16ClN5OS. The van der Waals surface area contributed by atoms with Gasteiger partial charge in [-0.2, -0.15) is 5.10 Å². The molecule has 1 unspecified atom stereocenters. The Bertz CT molecular complexity index is 541. The molecule has 19 heavy (non-hydrogen) atoms. The molecule has 0 aliphatic carbocycles. The molecule has 3 N–H and O–H groups in total. The minimum absolute atomic E-state index is 0.223. The molecule has 0 saturated heterocycles. The fourth-order valence-corrected chi connectivity index (χ4v) is 3.00. The number of ether oxygens (including phenoxy) is 1. The fourth-order valence-electron chi connectivity index (χ4n) is 1.88. The van der Waals surface area contributed by atoms with Crippen molar-refractivity contribution in [2.45, 2.75) is 19.5 Å². The standard InChI is InChI=1S/C11H16ClN5OS/c1-7-11(19-6-14-7)9(16-13)10-8(12)5-15-17(10)3-4-18-2/h5-6,9,16H,3-4,13H2,1-2H3. The smallest absolute Gasteiger partial charge is 0.100 e. The Kier molecular flexibility index (Phi) is 4.89. The number of nitrogens with zero attached hydrogens (tertiary/aromatic N) is 3. The van der Waals surface area contributed by atoms with Crippen LogP contribution in [-0.2, 0) is 11.3 Å². The average Bonchev–Trinajstić information content (AvgIpc) is 2.97. The Morgan fingerprint density at radius 2 is 2.42 bits per heavy atom. The maximum atomic E-state index is 6.23. The van der Waals surface area contributed by atoms with Crippen LogP contribution in [0.3, 0.4) is 0 Å². The molecule has 6 nitrogen and oxygen atoms in total. The van der Waals surface area contributed by atoms with Crippen LogP contribution in [0, 0.1) is 6.92 Å². The van der Waals surface area contributed by atoms with E-state index in [1.54, 1.807) is 23.5 Å². The van der Waals surface area contributed by atoms with Gasteiger partial charge in [-0.3, -0.25) is 10.5 Å². The summed E-state index contributed by atoms with van der Waals surface area (Å²) in [5.41, 5.74) is 6.34. The van der Waals surface area contributed by atoms with Gasteiger partial charge in [0.2, 0.25) is 0 Å². The number of rotatable bonds is 6. The van der Waals surface area contributed by atoms with E-state index < -0.39 is 0 Å². The molecule has 0 saturated carbocycles. The maximum Gasteiger partial charge on any atom is 0.100 e. The highest BCUT2D eigenvalue weighted by Crippen LogP contribution is 2.31. The zero-order chi connectivity index (χ0) is 13.8. The van der Waals surface area contributed by atoms with E-state index >= 15 is 0 Å². The van der Waals surface area contributed by atoms with Crippen molar-refractivity contribution >= 4 is 22.9 Å². The number of hydrogen-bond acceptors (Lipinski definition) is 6. The van der Waals surface area contributed by atoms with Gasteiger partial charge in [-0.05, 0) is 6.92 Å². The van der Waals surface area contributed by atoms with E-state index in [9.17, 15) is 0 Å². The highest BCUT2D eigenvalue weighted by molar-refractivity contribution is 7.09. The molecule has 1 atom stereocenters. The number of aromatic nitrogens is 3. The monoisotopic (exact) mass is 301 g/mol. The van der Waals surface area contributed by atoms with Crippen LogP contribution in [0.5, 0.6) is 0 Å². The number of hydrazine groups is 1. The number of nitrogens with one attached hydrogen (secondary N) is 1. The molecule has 2 heterocycles. The number of methoxy groups -OCH3 is 1. The fraction of sp³-hybridized carbons (Fsp3) is 0.455. The summed E-state index contributed by atoms with van der Waals surface area (Å²) >= 11 is 7.77. The number of hydrogen-bond donors (Lipinski definition) is 2. The van der Waals surface area contributed by atoms with E-state index in [2.05, 4.69) is 15.5 Å². The van der Waals surface area contributed by atoms with Crippen LogP contribution in [0.4, 0.5) is 0 Å². The third-order valence-corrected chi connectivity index (χ3v) is 4.11. The van der Waals surface area contributed by atoms with Crippen molar-refractivity contribution in [2.24, 2.45) is 5.84 Å². The number of aryl methyl sites for hydroxylation is 1. The van der Waals surface area contributed by atoms with Gasteiger partial charge in [0.05, 0.1) is 46.1 Å². The minimum atomic E-state index is -0.223. The van der Waals surface area contributed by atoms with Gasteiger partial charge in [0.25, 0.3) is 0 Å². The highest BCUT2D eigenvalue weighted by atomic mass is 35.5. The van der Waals surface area contributed by atoms with Crippen LogP contribution in [0.1, 0.15) is 22.3 Å². The highest BCUT2D eigenvalue weighted by Gasteiger charge is 2.24. The Balaban J connectivity index is 2.38. The largest absolute Gasteiger partial charge is 0.383 e. The summed E-state index contributed by atoms with van der Waals surface area (Å²) in [6.45, 7) is 3.12. The molecule has 0 aromatic carbocycles. The lowest BCUT2D eigenvalue weighted by Gasteiger charge is -2.17. The zero-order valence-electron chi connectivity index (χ0n) is 10.8. The normalized spacial score (nSPS) is 12.8. The Morgan fingerprint density at radius 3 is 3.00 bits per heavy atom. The molecular weight excluding hydrogens is 286 g/mol. The number of halogens is 1. The van der Waals surface area contributed by atoms with Crippen molar-refractivity contribution in [1.29, 1.82) is 0 Å². The van der Waals surface area contributed by atoms with E-state index in [1.165, 1.54) is 11.3 Å². The molecule has 2 aromatic heterocycles. The first-order valence-electron chi connectivity index (χ1n) is 5.75. The summed E-state index contributed by atoms with van der Waals surface area (Å²) in [6.07, 6.45) is 1.62. The molecule has 0 amide bonds. The van der Waals surface area contributed by atoms with E-state index in [1.807, 2.05) is 6.92 Å². The predicted octanol–water partition coefficient (Wildman–Crippen LogP) is 1.50. The lowest BCUT2D eigenvalue weighted by atomic mass is 10.1. The Morgan fingerprint density at radius 1 is 1.63 bits per heavy atom. The lowest BCUT2D eigenvalue weighted by molar-refractivity contribution is 0.182. The summed E-state index contributed by atoms with van der Waals surface area (Å²) in [5, 5.41) is 4.83. The van der Waals surface area contributed by atoms with Crippen molar-refractivity contribution in [2.75, 3.05) is 13.7 Å². The molecule has 0 radical (unpaired) electrons. The van der Waals surface area contributed by atoms with E-state index in [-0.39, 0.29) is 6.04 Å². The second kappa shape index (κ2) is 6.44. The van der Waals surface area contributed by atoms with E-state index in [0.717, 1.165) is 16.3 Å². The number of nitrogens with two attached hydrogens (primary N) is 1. The van der Waals surface area contributed by atoms with Crippen molar-refractivity contribution in [1.82, 2.24) is 20.2 Å². The second-order valence-electron chi connectivity index (χ2n) is 4.00. The van der Waals surface area contributed by atoms with Gasteiger partial charge in [-0.1, -0.05) is 11.6 Å². The van der Waals surface area contributed by atoms with Crippen LogP contribution in [0.15, 0.2) is 11.7 Å². The zero-order valence-corrected chi connectivity index (χ0v) is 12.3. The third kappa shape index (κ3) is 2.96. The van der Waals surface area contributed by atoms with Crippen molar-refractivity contribution in [3.05, 3.63) is 33.0 Å². The van der Waals surface area contributed by atoms with Crippen LogP contribution in [0.2, 0.25) is 5.02 Å². The molecule has 2 aromatic rings. The summed E-state index contributed by atoms with van der Waals surface area (Å²) in [6, 6.07) is -0.223. The second-order valence-corrected chi connectivity index (χ2v) is 5.29. The summed E-state index contributed by atoms with van der Waals surface area (Å²) in [4.78, 5) is 5.27. The summed E-state index contributed by atoms with van der Waals surface area (Å²) in [5.74, 6) is 5.69. The SMILES string of the molecule is COCCn1ncc(Cl)c1C(NN)c1scnc1C. The van der Waals surface area contributed by atoms with Crippen molar-refractivity contribution in [3.63, 3.8) is 0 Å². The first-order chi connectivity index (χ1) is 9.19. The minimum Gasteiger partial charge on any atom is -0.383 e. The molecule has 0 fully saturated rings. The van der Waals surface area contributed by atoms with Gasteiger partial charge in [0, 0.05) is 7.11 Å². The van der Waals surface area contributed by atoms with Crippen LogP contribution in [-0.4, -0.2) is 28.5 Å². The molecule has 2 rings (SSSR count). The first-order valence-corrected chi connectivity index (χ1v) is 7.01. The quantitative estimate of drug-likeness (QED) is 0.624. The molecule has 0 bridgehead atoms. The predicted molar refractivity (Wildman–Crippen MR) is 75.1 cm³/mol. The van der Waals surface area contributed by atoms with Crippen LogP contribution < -0.4 is 11.3 Å². The molecule has 8 heteroatoms. The van der Waals surface area contributed by atoms with Gasteiger partial charge >= 0.3 is 0 Å². The molecule has 104 valence electrons. The van der Waals surface area contributed by atoms with Crippen LogP contribution >= 0.6 is 22.9 Å². The van der Waals surface area contributed by atoms with Gasteiger partial charge in [0.1, 0.15) is 6.04 Å². The third-order valence-electron chi connectivity index (χ3n) is 2.83. The van der Waals surface area contributed by atoms with Gasteiger partial charge in [-0.25, -0.2) is 10.4 Å². The Labute approximate surface area is 120 Å². The maximum absolute atomic E-state index is 6.23. The topological polar surface area (TPSA) is 78.0 Å². The van der Waals surface area contributed by atoms with Gasteiger partial charge in [-0.15, -0.1) is 11.3 Å². The summed E-state index contributed by atoms with van der Waals surface area (Å²) in [7, 11) is 1.65. The first kappa shape index (κ1) is 14.4. The van der Waals surface area contributed by atoms with Crippen LogP contribution in [0.25, 0.3) is 0 Å². The number of thiazole rings is 1. The lowest BCUT2D eigenvalue weighted by Crippen LogP contribution is -2.31. The van der Waals surface area contributed by atoms with Crippen molar-refractivity contribution < 1.29 is 4.74 Å². The Hall–Kier alpha value is -0.990.